The van der Waals surface area contributed by atoms with Crippen LogP contribution in [0.15, 0.2) is 12.3 Å². The third-order valence-electron chi connectivity index (χ3n) is 3.67. The van der Waals surface area contributed by atoms with Gasteiger partial charge < -0.3 is 15.0 Å². The van der Waals surface area contributed by atoms with E-state index in [0.29, 0.717) is 12.0 Å². The van der Waals surface area contributed by atoms with Crippen molar-refractivity contribution >= 4 is 5.69 Å². The van der Waals surface area contributed by atoms with Gasteiger partial charge in [-0.05, 0) is 38.9 Å². The van der Waals surface area contributed by atoms with Crippen LogP contribution in [0.1, 0.15) is 19.0 Å². The molecule has 0 aliphatic carbocycles. The number of hydrogen-bond acceptors (Lipinski definition) is 4. The number of anilines is 1. The lowest BCUT2D eigenvalue weighted by atomic mass is 9.94. The Kier molecular flexibility index (Phi) is 4.07. The fourth-order valence-corrected chi connectivity index (χ4v) is 2.59. The van der Waals surface area contributed by atoms with E-state index >= 15 is 0 Å². The summed E-state index contributed by atoms with van der Waals surface area (Å²) in [6, 6.07) is 2.57. The van der Waals surface area contributed by atoms with Crippen LogP contribution in [0.3, 0.4) is 0 Å². The summed E-state index contributed by atoms with van der Waals surface area (Å²) in [6.07, 6.45) is 2.96. The molecule has 0 bridgehead atoms. The highest BCUT2D eigenvalue weighted by Gasteiger charge is 2.24. The SMILES string of the molecule is COc1cnc(C)cc1NC1CCN(C)CC1C. The third kappa shape index (κ3) is 2.93. The van der Waals surface area contributed by atoms with Gasteiger partial charge in [-0.1, -0.05) is 6.92 Å². The highest BCUT2D eigenvalue weighted by molar-refractivity contribution is 5.56. The van der Waals surface area contributed by atoms with Crippen LogP contribution in [0.2, 0.25) is 0 Å². The number of aryl methyl sites for hydroxylation is 1. The molecule has 2 heterocycles. The van der Waals surface area contributed by atoms with Gasteiger partial charge in [-0.15, -0.1) is 0 Å². The molecule has 1 saturated heterocycles. The second-order valence-corrected chi connectivity index (χ2v) is 5.31. The van der Waals surface area contributed by atoms with E-state index in [1.54, 1.807) is 13.3 Å². The minimum Gasteiger partial charge on any atom is -0.493 e. The maximum Gasteiger partial charge on any atom is 0.160 e. The predicted molar refractivity (Wildman–Crippen MR) is 74.2 cm³/mol. The van der Waals surface area contributed by atoms with Crippen LogP contribution in [-0.2, 0) is 0 Å². The third-order valence-corrected chi connectivity index (χ3v) is 3.67. The van der Waals surface area contributed by atoms with Crippen molar-refractivity contribution in [3.05, 3.63) is 18.0 Å². The Labute approximate surface area is 109 Å². The zero-order valence-corrected chi connectivity index (χ0v) is 11.7. The zero-order valence-electron chi connectivity index (χ0n) is 11.7. The molecule has 1 fully saturated rings. The Morgan fingerprint density at radius 1 is 1.50 bits per heavy atom. The molecule has 100 valence electrons. The van der Waals surface area contributed by atoms with Crippen LogP contribution in [0.5, 0.6) is 5.75 Å². The van der Waals surface area contributed by atoms with Crippen LogP contribution in [-0.4, -0.2) is 43.2 Å². The molecule has 4 heteroatoms. The molecule has 2 unspecified atom stereocenters. The van der Waals surface area contributed by atoms with Gasteiger partial charge in [-0.2, -0.15) is 0 Å². The van der Waals surface area contributed by atoms with Gasteiger partial charge in [0.1, 0.15) is 0 Å². The quantitative estimate of drug-likeness (QED) is 0.890. The molecular weight excluding hydrogens is 226 g/mol. The monoisotopic (exact) mass is 249 g/mol. The summed E-state index contributed by atoms with van der Waals surface area (Å²) in [5, 5.41) is 3.62. The fraction of sp³-hybridized carbons (Fsp3) is 0.643. The van der Waals surface area contributed by atoms with Crippen molar-refractivity contribution in [1.29, 1.82) is 0 Å². The van der Waals surface area contributed by atoms with E-state index in [1.165, 1.54) is 6.42 Å². The summed E-state index contributed by atoms with van der Waals surface area (Å²) in [6.45, 7) is 6.59. The van der Waals surface area contributed by atoms with Crippen molar-refractivity contribution in [3.63, 3.8) is 0 Å². The van der Waals surface area contributed by atoms with Crippen molar-refractivity contribution in [2.24, 2.45) is 5.92 Å². The number of piperidine rings is 1. The average Bonchev–Trinajstić information content (AvgIpc) is 2.33. The summed E-state index contributed by atoms with van der Waals surface area (Å²) in [5.74, 6) is 1.47. The van der Waals surface area contributed by atoms with Gasteiger partial charge in [0, 0.05) is 18.3 Å². The molecule has 0 radical (unpaired) electrons. The van der Waals surface area contributed by atoms with Crippen molar-refractivity contribution in [3.8, 4) is 5.75 Å². The number of rotatable bonds is 3. The maximum absolute atomic E-state index is 5.36. The summed E-state index contributed by atoms with van der Waals surface area (Å²) >= 11 is 0. The van der Waals surface area contributed by atoms with E-state index in [4.69, 9.17) is 4.74 Å². The van der Waals surface area contributed by atoms with Gasteiger partial charge in [-0.25, -0.2) is 0 Å². The zero-order chi connectivity index (χ0) is 13.1. The number of pyridine rings is 1. The van der Waals surface area contributed by atoms with E-state index in [-0.39, 0.29) is 0 Å². The first-order valence-electron chi connectivity index (χ1n) is 6.56. The van der Waals surface area contributed by atoms with E-state index in [1.807, 2.05) is 6.92 Å². The van der Waals surface area contributed by atoms with E-state index in [0.717, 1.165) is 30.2 Å². The van der Waals surface area contributed by atoms with Crippen LogP contribution in [0, 0.1) is 12.8 Å². The van der Waals surface area contributed by atoms with Crippen LogP contribution < -0.4 is 10.1 Å². The molecule has 1 N–H and O–H groups in total. The number of aromatic nitrogens is 1. The Balaban J connectivity index is 2.11. The normalized spacial score (nSPS) is 24.9. The molecule has 0 saturated carbocycles. The highest BCUT2D eigenvalue weighted by Crippen LogP contribution is 2.27. The minimum atomic E-state index is 0.511. The molecule has 2 atom stereocenters. The molecule has 0 amide bonds. The summed E-state index contributed by atoms with van der Waals surface area (Å²) in [7, 11) is 3.87. The number of methoxy groups -OCH3 is 1. The van der Waals surface area contributed by atoms with Crippen molar-refractivity contribution < 1.29 is 4.74 Å². The molecule has 1 aromatic heterocycles. The van der Waals surface area contributed by atoms with Gasteiger partial charge in [0.05, 0.1) is 19.0 Å². The summed E-state index contributed by atoms with van der Waals surface area (Å²) in [4.78, 5) is 6.65. The molecule has 4 nitrogen and oxygen atoms in total. The van der Waals surface area contributed by atoms with Crippen molar-refractivity contribution in [1.82, 2.24) is 9.88 Å². The molecule has 2 rings (SSSR count). The molecule has 0 spiro atoms. The standard InChI is InChI=1S/C14H23N3O/c1-10-9-17(3)6-5-12(10)16-13-7-11(2)15-8-14(13)18-4/h7-8,10,12H,5-6,9H2,1-4H3,(H,15,16). The van der Waals surface area contributed by atoms with E-state index in [9.17, 15) is 0 Å². The lowest BCUT2D eigenvalue weighted by Crippen LogP contribution is -2.43. The first kappa shape index (κ1) is 13.1. The number of hydrogen-bond donors (Lipinski definition) is 1. The lowest BCUT2D eigenvalue weighted by molar-refractivity contribution is 0.206. The highest BCUT2D eigenvalue weighted by atomic mass is 16.5. The van der Waals surface area contributed by atoms with E-state index in [2.05, 4.69) is 35.2 Å². The lowest BCUT2D eigenvalue weighted by Gasteiger charge is -2.36. The number of ether oxygens (including phenoxy) is 1. The summed E-state index contributed by atoms with van der Waals surface area (Å²) in [5.41, 5.74) is 2.07. The Morgan fingerprint density at radius 2 is 2.28 bits per heavy atom. The van der Waals surface area contributed by atoms with Crippen LogP contribution in [0.25, 0.3) is 0 Å². The molecule has 18 heavy (non-hydrogen) atoms. The Hall–Kier alpha value is -1.29. The van der Waals surface area contributed by atoms with Gasteiger partial charge in [-0.3, -0.25) is 4.98 Å². The van der Waals surface area contributed by atoms with Gasteiger partial charge in [0.25, 0.3) is 0 Å². The largest absolute Gasteiger partial charge is 0.493 e. The second-order valence-electron chi connectivity index (χ2n) is 5.31. The Morgan fingerprint density at radius 3 is 2.94 bits per heavy atom. The van der Waals surface area contributed by atoms with Crippen molar-refractivity contribution in [2.75, 3.05) is 32.6 Å². The number of likely N-dealkylation sites (tertiary alicyclic amines) is 1. The topological polar surface area (TPSA) is 37.4 Å². The second kappa shape index (κ2) is 5.57. The minimum absolute atomic E-state index is 0.511. The van der Waals surface area contributed by atoms with E-state index < -0.39 is 0 Å². The number of nitrogens with one attached hydrogen (secondary N) is 1. The predicted octanol–water partition coefficient (Wildman–Crippen LogP) is 2.15. The first-order valence-corrected chi connectivity index (χ1v) is 6.56. The summed E-state index contributed by atoms with van der Waals surface area (Å²) < 4.78 is 5.36. The van der Waals surface area contributed by atoms with Crippen LogP contribution >= 0.6 is 0 Å². The fourth-order valence-electron chi connectivity index (χ4n) is 2.59. The molecule has 0 aromatic carbocycles. The molecule has 1 aliphatic heterocycles. The number of nitrogens with zero attached hydrogens (tertiary/aromatic N) is 2. The molecular formula is C14H23N3O. The average molecular weight is 249 g/mol. The van der Waals surface area contributed by atoms with Crippen molar-refractivity contribution in [2.45, 2.75) is 26.3 Å². The van der Waals surface area contributed by atoms with Gasteiger partial charge >= 0.3 is 0 Å². The van der Waals surface area contributed by atoms with Crippen LogP contribution in [0.4, 0.5) is 5.69 Å². The Bertz CT molecular complexity index is 408. The molecule has 1 aliphatic rings. The van der Waals surface area contributed by atoms with Gasteiger partial charge in [0.15, 0.2) is 5.75 Å². The smallest absolute Gasteiger partial charge is 0.160 e. The van der Waals surface area contributed by atoms with Gasteiger partial charge in [0.2, 0.25) is 0 Å². The maximum atomic E-state index is 5.36. The molecule has 1 aromatic rings. The first-order chi connectivity index (χ1) is 8.60.